The van der Waals surface area contributed by atoms with Crippen LogP contribution in [0.25, 0.3) is 0 Å². The summed E-state index contributed by atoms with van der Waals surface area (Å²) in [4.78, 5) is 11.9. The van der Waals surface area contributed by atoms with E-state index in [4.69, 9.17) is 30.9 Å². The van der Waals surface area contributed by atoms with Crippen LogP contribution >= 0.6 is 11.6 Å². The lowest BCUT2D eigenvalue weighted by atomic mass is 9.83. The molecule has 1 saturated carbocycles. The van der Waals surface area contributed by atoms with Gasteiger partial charge in [0.2, 0.25) is 0 Å². The van der Waals surface area contributed by atoms with Crippen LogP contribution in [0.5, 0.6) is 5.75 Å². The summed E-state index contributed by atoms with van der Waals surface area (Å²) < 4.78 is 16.0. The maximum Gasteiger partial charge on any atom is 0.183 e. The van der Waals surface area contributed by atoms with E-state index in [1.165, 1.54) is 0 Å². The van der Waals surface area contributed by atoms with Crippen LogP contribution in [0.15, 0.2) is 24.3 Å². The highest BCUT2D eigenvalue weighted by atomic mass is 35.5. The number of ketones is 1. The molecule has 0 bridgehead atoms. The molecular weight excluding hydrogens is 344 g/mol. The average Bonchev–Trinajstić information content (AvgIpc) is 2.64. The van der Waals surface area contributed by atoms with Gasteiger partial charge in [0.15, 0.2) is 5.78 Å². The second-order valence-electron chi connectivity index (χ2n) is 6.18. The van der Waals surface area contributed by atoms with Gasteiger partial charge in [-0.15, -0.1) is 11.6 Å². The van der Waals surface area contributed by atoms with Gasteiger partial charge in [-0.2, -0.15) is 0 Å². The second kappa shape index (κ2) is 10.8. The van der Waals surface area contributed by atoms with Gasteiger partial charge in [0.05, 0.1) is 33.0 Å². The molecule has 1 aliphatic rings. The highest BCUT2D eigenvalue weighted by molar-refractivity contribution is 6.38. The lowest BCUT2D eigenvalue weighted by Gasteiger charge is -2.29. The Kier molecular flexibility index (Phi) is 8.68. The van der Waals surface area contributed by atoms with Crippen molar-refractivity contribution < 1.29 is 24.1 Å². The zero-order valence-electron chi connectivity index (χ0n) is 14.5. The summed E-state index contributed by atoms with van der Waals surface area (Å²) in [6.45, 7) is 2.15. The molecule has 0 spiro atoms. The second-order valence-corrected chi connectivity index (χ2v) is 6.90. The molecule has 0 heterocycles. The quantitative estimate of drug-likeness (QED) is 0.368. The van der Waals surface area contributed by atoms with Gasteiger partial charge < -0.3 is 19.3 Å². The number of aliphatic hydroxyl groups excluding tert-OH is 1. The summed E-state index contributed by atoms with van der Waals surface area (Å²) in [6.07, 6.45) is 4.70. The van der Waals surface area contributed by atoms with E-state index in [-0.39, 0.29) is 12.4 Å². The standard InChI is InChI=1S/C19H27ClO5/c20-19(8-2-1-3-9-19)18(22)16-4-6-17(7-5-16)25-15-14-24-13-12-23-11-10-21/h4-7,21H,1-3,8-15H2. The Balaban J connectivity index is 1.70. The lowest BCUT2D eigenvalue weighted by molar-refractivity contribution is 0.0247. The van der Waals surface area contributed by atoms with Crippen LogP contribution in [0.4, 0.5) is 0 Å². The van der Waals surface area contributed by atoms with E-state index in [2.05, 4.69) is 0 Å². The van der Waals surface area contributed by atoms with E-state index >= 15 is 0 Å². The molecule has 5 nitrogen and oxygen atoms in total. The number of aliphatic hydroxyl groups is 1. The predicted octanol–water partition coefficient (Wildman–Crippen LogP) is 3.22. The highest BCUT2D eigenvalue weighted by Gasteiger charge is 2.37. The zero-order valence-corrected chi connectivity index (χ0v) is 15.3. The molecule has 0 aromatic heterocycles. The predicted molar refractivity (Wildman–Crippen MR) is 96.7 cm³/mol. The number of ether oxygens (including phenoxy) is 3. The zero-order chi connectivity index (χ0) is 18.0. The Morgan fingerprint density at radius 3 is 2.20 bits per heavy atom. The van der Waals surface area contributed by atoms with Crippen LogP contribution < -0.4 is 4.74 Å². The van der Waals surface area contributed by atoms with Crippen LogP contribution in [0, 0.1) is 0 Å². The fourth-order valence-corrected chi connectivity index (χ4v) is 3.28. The molecule has 0 radical (unpaired) electrons. The van der Waals surface area contributed by atoms with E-state index in [1.807, 2.05) is 0 Å². The molecule has 1 aromatic carbocycles. The largest absolute Gasteiger partial charge is 0.491 e. The molecule has 25 heavy (non-hydrogen) atoms. The van der Waals surface area contributed by atoms with E-state index < -0.39 is 4.87 Å². The molecular formula is C19H27ClO5. The van der Waals surface area contributed by atoms with Crippen LogP contribution in [-0.4, -0.2) is 55.4 Å². The number of hydrogen-bond donors (Lipinski definition) is 1. The van der Waals surface area contributed by atoms with Crippen molar-refractivity contribution in [2.45, 2.75) is 37.0 Å². The SMILES string of the molecule is O=C(c1ccc(OCCOCCOCCO)cc1)C1(Cl)CCCCC1. The maximum atomic E-state index is 12.6. The first-order valence-corrected chi connectivity index (χ1v) is 9.26. The molecule has 0 amide bonds. The Bertz CT molecular complexity index is 511. The van der Waals surface area contributed by atoms with E-state index in [0.29, 0.717) is 44.3 Å². The number of hydrogen-bond acceptors (Lipinski definition) is 5. The van der Waals surface area contributed by atoms with Crippen molar-refractivity contribution in [2.24, 2.45) is 0 Å². The monoisotopic (exact) mass is 370 g/mol. The van der Waals surface area contributed by atoms with Crippen LogP contribution in [0.3, 0.4) is 0 Å². The van der Waals surface area contributed by atoms with Crippen LogP contribution in [0.2, 0.25) is 0 Å². The van der Waals surface area contributed by atoms with Crippen molar-refractivity contribution in [3.05, 3.63) is 29.8 Å². The molecule has 0 aliphatic heterocycles. The molecule has 140 valence electrons. The molecule has 0 atom stereocenters. The first-order chi connectivity index (χ1) is 12.2. The number of halogens is 1. The lowest BCUT2D eigenvalue weighted by Crippen LogP contribution is -2.34. The topological polar surface area (TPSA) is 65.0 Å². The molecule has 6 heteroatoms. The molecule has 0 unspecified atom stereocenters. The van der Waals surface area contributed by atoms with Crippen molar-refractivity contribution in [1.29, 1.82) is 0 Å². The number of carbonyl (C=O) groups is 1. The third-order valence-corrected chi connectivity index (χ3v) is 4.82. The fourth-order valence-electron chi connectivity index (χ4n) is 2.91. The van der Waals surface area contributed by atoms with Crippen LogP contribution in [-0.2, 0) is 9.47 Å². The van der Waals surface area contributed by atoms with Gasteiger partial charge in [-0.3, -0.25) is 4.79 Å². The first kappa shape index (κ1) is 20.2. The minimum atomic E-state index is -0.730. The van der Waals surface area contributed by atoms with Gasteiger partial charge in [-0.1, -0.05) is 19.3 Å². The summed E-state index contributed by atoms with van der Waals surface area (Å²) in [6, 6.07) is 7.14. The van der Waals surface area contributed by atoms with Gasteiger partial charge in [0.1, 0.15) is 17.2 Å². The Morgan fingerprint density at radius 2 is 1.56 bits per heavy atom. The minimum Gasteiger partial charge on any atom is -0.491 e. The van der Waals surface area contributed by atoms with E-state index in [9.17, 15) is 4.79 Å². The van der Waals surface area contributed by atoms with Crippen molar-refractivity contribution in [2.75, 3.05) is 39.6 Å². The molecule has 0 saturated heterocycles. The molecule has 2 rings (SSSR count). The van der Waals surface area contributed by atoms with Crippen molar-refractivity contribution in [1.82, 2.24) is 0 Å². The number of rotatable bonds is 11. The summed E-state index contributed by atoms with van der Waals surface area (Å²) in [5.74, 6) is 0.718. The van der Waals surface area contributed by atoms with Gasteiger partial charge in [-0.25, -0.2) is 0 Å². The van der Waals surface area contributed by atoms with Gasteiger partial charge in [-0.05, 0) is 37.1 Å². The molecule has 1 aliphatic carbocycles. The van der Waals surface area contributed by atoms with Crippen LogP contribution in [0.1, 0.15) is 42.5 Å². The summed E-state index contributed by atoms with van der Waals surface area (Å²) in [5.41, 5.74) is 0.640. The average molecular weight is 371 g/mol. The number of benzene rings is 1. The molecule has 1 aromatic rings. The highest BCUT2D eigenvalue weighted by Crippen LogP contribution is 2.37. The number of alkyl halides is 1. The van der Waals surface area contributed by atoms with Gasteiger partial charge in [0, 0.05) is 5.56 Å². The Labute approximate surface area is 154 Å². The van der Waals surface area contributed by atoms with Gasteiger partial charge in [0.25, 0.3) is 0 Å². The van der Waals surface area contributed by atoms with E-state index in [0.717, 1.165) is 32.1 Å². The molecule has 1 fully saturated rings. The fraction of sp³-hybridized carbons (Fsp3) is 0.632. The van der Waals surface area contributed by atoms with Crippen molar-refractivity contribution in [3.63, 3.8) is 0 Å². The van der Waals surface area contributed by atoms with Crippen molar-refractivity contribution >= 4 is 17.4 Å². The third kappa shape index (κ3) is 6.59. The summed E-state index contributed by atoms with van der Waals surface area (Å²) in [5, 5.41) is 8.56. The molecule has 1 N–H and O–H groups in total. The Hall–Kier alpha value is -1.14. The first-order valence-electron chi connectivity index (χ1n) is 8.89. The van der Waals surface area contributed by atoms with Crippen molar-refractivity contribution in [3.8, 4) is 5.75 Å². The van der Waals surface area contributed by atoms with E-state index in [1.54, 1.807) is 24.3 Å². The normalized spacial score (nSPS) is 16.6. The smallest absolute Gasteiger partial charge is 0.183 e. The number of Topliss-reactive ketones (excluding diaryl/α,β-unsaturated/α-hetero) is 1. The minimum absolute atomic E-state index is 0.0200. The van der Waals surface area contributed by atoms with Gasteiger partial charge >= 0.3 is 0 Å². The summed E-state index contributed by atoms with van der Waals surface area (Å²) in [7, 11) is 0. The number of carbonyl (C=O) groups excluding carboxylic acids is 1. The third-order valence-electron chi connectivity index (χ3n) is 4.27. The summed E-state index contributed by atoms with van der Waals surface area (Å²) >= 11 is 6.54. The Morgan fingerprint density at radius 1 is 0.960 bits per heavy atom. The maximum absolute atomic E-state index is 12.6.